The van der Waals surface area contributed by atoms with Crippen LogP contribution in [0.5, 0.6) is 11.5 Å². The molecule has 11 heteroatoms. The number of carbonyl (C=O) groups excluding carboxylic acids is 2. The topological polar surface area (TPSA) is 105 Å². The van der Waals surface area contributed by atoms with E-state index in [1.165, 1.54) is 56.5 Å². The van der Waals surface area contributed by atoms with Crippen molar-refractivity contribution in [2.75, 3.05) is 32.1 Å². The lowest BCUT2D eigenvalue weighted by Crippen LogP contribution is -2.51. The summed E-state index contributed by atoms with van der Waals surface area (Å²) in [5.74, 6) is 0.0177. The van der Waals surface area contributed by atoms with Crippen molar-refractivity contribution in [1.82, 2.24) is 10.2 Å². The third kappa shape index (κ3) is 7.05. The fourth-order valence-corrected chi connectivity index (χ4v) is 5.89. The molecular formula is C29H34ClN3O6S. The van der Waals surface area contributed by atoms with Crippen molar-refractivity contribution in [1.29, 1.82) is 0 Å². The van der Waals surface area contributed by atoms with Gasteiger partial charge in [-0.3, -0.25) is 13.9 Å². The van der Waals surface area contributed by atoms with Gasteiger partial charge in [-0.15, -0.1) is 0 Å². The molecule has 9 nitrogen and oxygen atoms in total. The van der Waals surface area contributed by atoms with E-state index in [2.05, 4.69) is 5.32 Å². The maximum atomic E-state index is 14.0. The maximum Gasteiger partial charge on any atom is 0.264 e. The van der Waals surface area contributed by atoms with Crippen LogP contribution in [0.15, 0.2) is 71.6 Å². The molecule has 1 N–H and O–H groups in total. The van der Waals surface area contributed by atoms with Gasteiger partial charge in [0.2, 0.25) is 11.8 Å². The van der Waals surface area contributed by atoms with Gasteiger partial charge in [-0.1, -0.05) is 48.4 Å². The highest BCUT2D eigenvalue weighted by molar-refractivity contribution is 7.92. The first-order valence-electron chi connectivity index (χ1n) is 12.6. The van der Waals surface area contributed by atoms with Crippen molar-refractivity contribution in [3.63, 3.8) is 0 Å². The first kappa shape index (κ1) is 30.8. The molecule has 40 heavy (non-hydrogen) atoms. The summed E-state index contributed by atoms with van der Waals surface area (Å²) in [6.07, 6.45) is 0.314. The number of hydrogen-bond donors (Lipinski definition) is 1. The zero-order chi connectivity index (χ0) is 29.4. The number of anilines is 1. The molecule has 1 atom stereocenters. The number of rotatable bonds is 12. The molecule has 2 amide bonds. The number of halogens is 1. The molecule has 0 fully saturated rings. The predicted molar refractivity (Wildman–Crippen MR) is 155 cm³/mol. The zero-order valence-electron chi connectivity index (χ0n) is 23.2. The molecule has 0 spiro atoms. The van der Waals surface area contributed by atoms with Crippen molar-refractivity contribution in [3.05, 3.63) is 82.9 Å². The van der Waals surface area contributed by atoms with Crippen molar-refractivity contribution >= 4 is 39.1 Å². The lowest BCUT2D eigenvalue weighted by atomic mass is 10.1. The molecule has 0 bridgehead atoms. The summed E-state index contributed by atoms with van der Waals surface area (Å²) in [6.45, 7) is 3.12. The van der Waals surface area contributed by atoms with E-state index >= 15 is 0 Å². The highest BCUT2D eigenvalue weighted by Crippen LogP contribution is 2.32. The summed E-state index contributed by atoms with van der Waals surface area (Å²) < 4.78 is 39.4. The molecule has 0 aliphatic rings. The summed E-state index contributed by atoms with van der Waals surface area (Å²) in [6, 6.07) is 17.1. The van der Waals surface area contributed by atoms with Crippen molar-refractivity contribution < 1.29 is 27.5 Å². The van der Waals surface area contributed by atoms with Gasteiger partial charge in [0.25, 0.3) is 10.0 Å². The van der Waals surface area contributed by atoms with Crippen LogP contribution in [-0.4, -0.2) is 59.0 Å². The molecule has 3 rings (SSSR count). The number of carbonyl (C=O) groups is 2. The Morgan fingerprint density at radius 1 is 1.00 bits per heavy atom. The van der Waals surface area contributed by atoms with E-state index in [1.54, 1.807) is 37.3 Å². The number of benzene rings is 3. The molecule has 3 aromatic carbocycles. The number of nitrogens with one attached hydrogen (secondary N) is 1. The molecule has 0 radical (unpaired) electrons. The Kier molecular flexibility index (Phi) is 10.4. The van der Waals surface area contributed by atoms with Gasteiger partial charge in [-0.05, 0) is 61.4 Å². The number of hydrogen-bond acceptors (Lipinski definition) is 6. The number of likely N-dealkylation sites (N-methyl/N-ethyl adjacent to an activating group) is 1. The minimum atomic E-state index is -4.21. The van der Waals surface area contributed by atoms with E-state index < -0.39 is 28.5 Å². The highest BCUT2D eigenvalue weighted by Gasteiger charge is 2.33. The first-order chi connectivity index (χ1) is 19.0. The number of aryl methyl sites for hydroxylation is 1. The molecule has 0 heterocycles. The summed E-state index contributed by atoms with van der Waals surface area (Å²) in [5.41, 5.74) is 1.78. The molecule has 0 saturated heterocycles. The van der Waals surface area contributed by atoms with Crippen LogP contribution < -0.4 is 19.1 Å². The molecule has 0 aliphatic heterocycles. The van der Waals surface area contributed by atoms with Crippen molar-refractivity contribution in [2.24, 2.45) is 0 Å². The molecule has 0 saturated carbocycles. The van der Waals surface area contributed by atoms with E-state index in [1.807, 2.05) is 13.0 Å². The SMILES string of the molecule is CCC(C(=O)NC)N(Cc1cccc(OC)c1)C(=O)CN(c1ccc(OC)c(Cl)c1)S(=O)(=O)c1ccc(C)cc1. The molecule has 214 valence electrons. The van der Waals surface area contributed by atoms with Gasteiger partial charge in [-0.25, -0.2) is 8.42 Å². The standard InChI is InChI=1S/C29H34ClN3O6S/c1-6-26(29(35)31-3)32(18-21-8-7-9-23(16-21)38-4)28(34)19-33(22-12-15-27(39-5)25(30)17-22)40(36,37)24-13-10-20(2)11-14-24/h7-17,26H,6,18-19H2,1-5H3,(H,31,35). The van der Waals surface area contributed by atoms with E-state index in [4.69, 9.17) is 21.1 Å². The van der Waals surface area contributed by atoms with Crippen LogP contribution in [0, 0.1) is 6.92 Å². The van der Waals surface area contributed by atoms with Gasteiger partial charge in [0.1, 0.15) is 24.1 Å². The van der Waals surface area contributed by atoms with Crippen LogP contribution >= 0.6 is 11.6 Å². The smallest absolute Gasteiger partial charge is 0.264 e. The Hall–Kier alpha value is -3.76. The van der Waals surface area contributed by atoms with Gasteiger partial charge in [0.05, 0.1) is 29.8 Å². The number of ether oxygens (including phenoxy) is 2. The van der Waals surface area contributed by atoms with Crippen LogP contribution in [0.2, 0.25) is 5.02 Å². The summed E-state index contributed by atoms with van der Waals surface area (Å²) in [5, 5.41) is 2.79. The van der Waals surface area contributed by atoms with Crippen LogP contribution in [0.1, 0.15) is 24.5 Å². The minimum absolute atomic E-state index is 0.00975. The average Bonchev–Trinajstić information content (AvgIpc) is 2.95. The quantitative estimate of drug-likeness (QED) is 0.336. The lowest BCUT2D eigenvalue weighted by molar-refractivity contribution is -0.140. The van der Waals surface area contributed by atoms with Crippen LogP contribution in [0.3, 0.4) is 0 Å². The van der Waals surface area contributed by atoms with Gasteiger partial charge >= 0.3 is 0 Å². The zero-order valence-corrected chi connectivity index (χ0v) is 24.8. The van der Waals surface area contributed by atoms with Gasteiger partial charge < -0.3 is 19.7 Å². The van der Waals surface area contributed by atoms with Crippen LogP contribution in [0.25, 0.3) is 0 Å². The monoisotopic (exact) mass is 587 g/mol. The number of sulfonamides is 1. The van der Waals surface area contributed by atoms with Gasteiger partial charge in [-0.2, -0.15) is 0 Å². The molecule has 0 aliphatic carbocycles. The fraction of sp³-hybridized carbons (Fsp3) is 0.310. The Morgan fingerprint density at radius 3 is 2.27 bits per heavy atom. The largest absolute Gasteiger partial charge is 0.497 e. The van der Waals surface area contributed by atoms with Crippen molar-refractivity contribution in [3.8, 4) is 11.5 Å². The van der Waals surface area contributed by atoms with E-state index in [0.29, 0.717) is 17.9 Å². The normalized spacial score (nSPS) is 11.8. The molecule has 3 aromatic rings. The Balaban J connectivity index is 2.10. The second-order valence-electron chi connectivity index (χ2n) is 9.06. The predicted octanol–water partition coefficient (Wildman–Crippen LogP) is 4.41. The Bertz CT molecular complexity index is 1450. The summed E-state index contributed by atoms with van der Waals surface area (Å²) in [7, 11) is 0.268. The first-order valence-corrected chi connectivity index (χ1v) is 14.4. The van der Waals surface area contributed by atoms with Gasteiger partial charge in [0.15, 0.2) is 0 Å². The van der Waals surface area contributed by atoms with E-state index in [9.17, 15) is 18.0 Å². The van der Waals surface area contributed by atoms with E-state index in [0.717, 1.165) is 15.4 Å². The third-order valence-corrected chi connectivity index (χ3v) is 8.51. The average molecular weight is 588 g/mol. The Labute approximate surface area is 240 Å². The van der Waals surface area contributed by atoms with Crippen LogP contribution in [0.4, 0.5) is 5.69 Å². The van der Waals surface area contributed by atoms with E-state index in [-0.39, 0.29) is 28.1 Å². The lowest BCUT2D eigenvalue weighted by Gasteiger charge is -2.33. The number of methoxy groups -OCH3 is 2. The summed E-state index contributed by atoms with van der Waals surface area (Å²) >= 11 is 6.35. The summed E-state index contributed by atoms with van der Waals surface area (Å²) in [4.78, 5) is 28.2. The Morgan fingerprint density at radius 2 is 1.70 bits per heavy atom. The van der Waals surface area contributed by atoms with Crippen molar-refractivity contribution in [2.45, 2.75) is 37.8 Å². The highest BCUT2D eigenvalue weighted by atomic mass is 35.5. The third-order valence-electron chi connectivity index (χ3n) is 6.43. The van der Waals surface area contributed by atoms with Gasteiger partial charge in [0, 0.05) is 13.6 Å². The number of nitrogens with zero attached hydrogens (tertiary/aromatic N) is 2. The van der Waals surface area contributed by atoms with Crippen LogP contribution in [-0.2, 0) is 26.2 Å². The fourth-order valence-electron chi connectivity index (χ4n) is 4.23. The number of amides is 2. The minimum Gasteiger partial charge on any atom is -0.497 e. The molecular weight excluding hydrogens is 554 g/mol. The second kappa shape index (κ2) is 13.5. The molecule has 1 unspecified atom stereocenters. The maximum absolute atomic E-state index is 14.0. The molecule has 0 aromatic heterocycles. The second-order valence-corrected chi connectivity index (χ2v) is 11.3.